The summed E-state index contributed by atoms with van der Waals surface area (Å²) in [6.45, 7) is 7.20. The number of nitrogens with one attached hydrogen (secondary N) is 1. The molecule has 4 heteroatoms. The first-order chi connectivity index (χ1) is 8.04. The molecular weight excluding hydrogens is 212 g/mol. The van der Waals surface area contributed by atoms with Crippen LogP contribution in [0.1, 0.15) is 25.1 Å². The van der Waals surface area contributed by atoms with E-state index in [9.17, 15) is 0 Å². The molecule has 1 heterocycles. The third kappa shape index (κ3) is 4.22. The standard InChI is InChI=1S/C13H22N4/c1-11(2)16(3)6-5-15-9-12-7-13(8-14)17(4)10-12/h7,10-11,15H,5-6,9H2,1-4H3. The Hall–Kier alpha value is -1.31. The molecule has 94 valence electrons. The first-order valence-electron chi connectivity index (χ1n) is 6.01. The number of nitriles is 1. The van der Waals surface area contributed by atoms with Gasteiger partial charge in [-0.3, -0.25) is 0 Å². The van der Waals surface area contributed by atoms with Gasteiger partial charge in [-0.25, -0.2) is 0 Å². The van der Waals surface area contributed by atoms with Crippen molar-refractivity contribution in [3.05, 3.63) is 23.5 Å². The summed E-state index contributed by atoms with van der Waals surface area (Å²) in [7, 11) is 4.03. The first-order valence-corrected chi connectivity index (χ1v) is 6.01. The van der Waals surface area contributed by atoms with Crippen LogP contribution in [0.15, 0.2) is 12.3 Å². The van der Waals surface area contributed by atoms with E-state index in [1.807, 2.05) is 23.9 Å². The molecule has 0 saturated heterocycles. The van der Waals surface area contributed by atoms with E-state index in [0.29, 0.717) is 11.7 Å². The number of aromatic nitrogens is 1. The summed E-state index contributed by atoms with van der Waals surface area (Å²) < 4.78 is 1.86. The van der Waals surface area contributed by atoms with E-state index in [1.54, 1.807) is 0 Å². The van der Waals surface area contributed by atoms with E-state index < -0.39 is 0 Å². The predicted molar refractivity (Wildman–Crippen MR) is 69.6 cm³/mol. The number of rotatable bonds is 6. The second kappa shape index (κ2) is 6.43. The number of nitrogens with zero attached hydrogens (tertiary/aromatic N) is 3. The molecule has 17 heavy (non-hydrogen) atoms. The van der Waals surface area contributed by atoms with Crippen LogP contribution in [-0.4, -0.2) is 35.6 Å². The van der Waals surface area contributed by atoms with E-state index in [1.165, 1.54) is 0 Å². The van der Waals surface area contributed by atoms with Gasteiger partial charge in [-0.2, -0.15) is 5.26 Å². The quantitative estimate of drug-likeness (QED) is 0.755. The van der Waals surface area contributed by atoms with Crippen LogP contribution in [-0.2, 0) is 13.6 Å². The van der Waals surface area contributed by atoms with Crippen molar-refractivity contribution >= 4 is 0 Å². The molecule has 4 nitrogen and oxygen atoms in total. The lowest BCUT2D eigenvalue weighted by atomic mass is 10.3. The molecule has 0 aliphatic heterocycles. The maximum atomic E-state index is 8.84. The molecule has 0 bridgehead atoms. The van der Waals surface area contributed by atoms with Crippen LogP contribution < -0.4 is 5.32 Å². The molecule has 0 aromatic carbocycles. The molecule has 0 radical (unpaired) electrons. The van der Waals surface area contributed by atoms with Gasteiger partial charge in [0, 0.05) is 38.9 Å². The van der Waals surface area contributed by atoms with E-state index in [2.05, 4.69) is 37.2 Å². The molecule has 0 unspecified atom stereocenters. The number of hydrogen-bond donors (Lipinski definition) is 1. The highest BCUT2D eigenvalue weighted by Crippen LogP contribution is 2.05. The van der Waals surface area contributed by atoms with Gasteiger partial charge in [-0.15, -0.1) is 0 Å². The average Bonchev–Trinajstić information content (AvgIpc) is 2.64. The van der Waals surface area contributed by atoms with Crippen molar-refractivity contribution in [3.8, 4) is 6.07 Å². The van der Waals surface area contributed by atoms with Crippen molar-refractivity contribution < 1.29 is 0 Å². The maximum Gasteiger partial charge on any atom is 0.120 e. The van der Waals surface area contributed by atoms with Gasteiger partial charge in [-0.1, -0.05) is 0 Å². The molecule has 0 fully saturated rings. The number of likely N-dealkylation sites (N-methyl/N-ethyl adjacent to an activating group) is 1. The highest BCUT2D eigenvalue weighted by Gasteiger charge is 2.03. The molecule has 0 aliphatic rings. The molecular formula is C13H22N4. The third-order valence-electron chi connectivity index (χ3n) is 3.03. The summed E-state index contributed by atoms with van der Waals surface area (Å²) >= 11 is 0. The van der Waals surface area contributed by atoms with Gasteiger partial charge in [-0.05, 0) is 32.5 Å². The van der Waals surface area contributed by atoms with Crippen LogP contribution >= 0.6 is 0 Å². The lowest BCUT2D eigenvalue weighted by Crippen LogP contribution is -2.33. The van der Waals surface area contributed by atoms with E-state index in [4.69, 9.17) is 5.26 Å². The molecule has 0 spiro atoms. The van der Waals surface area contributed by atoms with Crippen LogP contribution in [0, 0.1) is 11.3 Å². The Labute approximate surface area is 104 Å². The molecule has 1 rings (SSSR count). The van der Waals surface area contributed by atoms with Crippen LogP contribution in [0.4, 0.5) is 0 Å². The Morgan fingerprint density at radius 2 is 2.24 bits per heavy atom. The van der Waals surface area contributed by atoms with E-state index >= 15 is 0 Å². The molecule has 0 amide bonds. The minimum absolute atomic E-state index is 0.582. The zero-order chi connectivity index (χ0) is 12.8. The Kier molecular flexibility index (Phi) is 5.20. The molecule has 1 aromatic rings. The fraction of sp³-hybridized carbons (Fsp3) is 0.615. The minimum atomic E-state index is 0.582. The monoisotopic (exact) mass is 234 g/mol. The summed E-state index contributed by atoms with van der Waals surface area (Å²) in [6, 6.07) is 4.68. The lowest BCUT2D eigenvalue weighted by Gasteiger charge is -2.20. The number of aryl methyl sites for hydroxylation is 1. The van der Waals surface area contributed by atoms with Crippen molar-refractivity contribution in [2.45, 2.75) is 26.4 Å². The van der Waals surface area contributed by atoms with E-state index in [0.717, 1.165) is 25.2 Å². The van der Waals surface area contributed by atoms with Crippen LogP contribution in [0.3, 0.4) is 0 Å². The van der Waals surface area contributed by atoms with Gasteiger partial charge in [0.05, 0.1) is 0 Å². The summed E-state index contributed by atoms with van der Waals surface area (Å²) in [4.78, 5) is 2.30. The minimum Gasteiger partial charge on any atom is -0.342 e. The molecule has 0 saturated carbocycles. The smallest absolute Gasteiger partial charge is 0.120 e. The molecule has 1 N–H and O–H groups in total. The highest BCUT2D eigenvalue weighted by molar-refractivity contribution is 5.28. The molecule has 1 aromatic heterocycles. The Morgan fingerprint density at radius 3 is 2.76 bits per heavy atom. The van der Waals surface area contributed by atoms with Gasteiger partial charge >= 0.3 is 0 Å². The van der Waals surface area contributed by atoms with Crippen molar-refractivity contribution in [2.24, 2.45) is 7.05 Å². The largest absolute Gasteiger partial charge is 0.342 e. The van der Waals surface area contributed by atoms with Crippen LogP contribution in [0.25, 0.3) is 0 Å². The first kappa shape index (κ1) is 13.8. The zero-order valence-corrected chi connectivity index (χ0v) is 11.2. The Balaban J connectivity index is 2.29. The van der Waals surface area contributed by atoms with E-state index in [-0.39, 0.29) is 0 Å². The van der Waals surface area contributed by atoms with Crippen molar-refractivity contribution in [3.63, 3.8) is 0 Å². The van der Waals surface area contributed by atoms with Gasteiger partial charge < -0.3 is 14.8 Å². The summed E-state index contributed by atoms with van der Waals surface area (Å²) in [5.41, 5.74) is 1.87. The van der Waals surface area contributed by atoms with Crippen LogP contribution in [0.2, 0.25) is 0 Å². The zero-order valence-electron chi connectivity index (χ0n) is 11.2. The Morgan fingerprint density at radius 1 is 1.53 bits per heavy atom. The topological polar surface area (TPSA) is 44.0 Å². The van der Waals surface area contributed by atoms with Crippen molar-refractivity contribution in [1.29, 1.82) is 5.26 Å². The second-order valence-electron chi connectivity index (χ2n) is 4.71. The lowest BCUT2D eigenvalue weighted by molar-refractivity contribution is 0.273. The van der Waals surface area contributed by atoms with Gasteiger partial charge in [0.1, 0.15) is 11.8 Å². The maximum absolute atomic E-state index is 8.84. The Bertz CT molecular complexity index is 387. The fourth-order valence-corrected chi connectivity index (χ4v) is 1.59. The van der Waals surface area contributed by atoms with Crippen molar-refractivity contribution in [2.75, 3.05) is 20.1 Å². The summed E-state index contributed by atoms with van der Waals surface area (Å²) in [5.74, 6) is 0. The second-order valence-corrected chi connectivity index (χ2v) is 4.71. The predicted octanol–water partition coefficient (Wildman–Crippen LogP) is 1.33. The van der Waals surface area contributed by atoms with Crippen LogP contribution in [0.5, 0.6) is 0 Å². The molecule has 0 aliphatic carbocycles. The van der Waals surface area contributed by atoms with Gasteiger partial charge in [0.25, 0.3) is 0 Å². The summed E-state index contributed by atoms with van der Waals surface area (Å²) in [6.07, 6.45) is 2.00. The number of hydrogen-bond acceptors (Lipinski definition) is 3. The summed E-state index contributed by atoms with van der Waals surface area (Å²) in [5, 5.41) is 12.2. The fourth-order valence-electron chi connectivity index (χ4n) is 1.59. The SMILES string of the molecule is CC(C)N(C)CCNCc1cc(C#N)n(C)c1. The van der Waals surface area contributed by atoms with Gasteiger partial charge in [0.15, 0.2) is 0 Å². The normalized spacial score (nSPS) is 11.1. The van der Waals surface area contributed by atoms with Gasteiger partial charge in [0.2, 0.25) is 0 Å². The highest BCUT2D eigenvalue weighted by atomic mass is 15.1. The van der Waals surface area contributed by atoms with Crippen molar-refractivity contribution in [1.82, 2.24) is 14.8 Å². The molecule has 0 atom stereocenters. The average molecular weight is 234 g/mol. The third-order valence-corrected chi connectivity index (χ3v) is 3.03.